The molecule has 0 aliphatic carbocycles. The van der Waals surface area contributed by atoms with Crippen molar-refractivity contribution >= 4 is 45.9 Å². The highest BCUT2D eigenvalue weighted by molar-refractivity contribution is 6.61. The van der Waals surface area contributed by atoms with Gasteiger partial charge in [-0.15, -0.1) is 0 Å². The Morgan fingerprint density at radius 1 is 1.47 bits per heavy atom. The highest BCUT2D eigenvalue weighted by atomic mass is 35.5. The molecule has 0 aliphatic rings. The van der Waals surface area contributed by atoms with Crippen LogP contribution in [0.15, 0.2) is 6.07 Å². The fourth-order valence-corrected chi connectivity index (χ4v) is 1.24. The first-order valence-corrected chi connectivity index (χ1v) is 4.43. The molecule has 0 saturated heterocycles. The van der Waals surface area contributed by atoms with Crippen LogP contribution in [0.25, 0.3) is 0 Å². The molecule has 80 valence electrons. The number of nitro groups is 1. The number of halogens is 3. The van der Waals surface area contributed by atoms with E-state index in [0.717, 1.165) is 6.07 Å². The molecule has 0 spiro atoms. The van der Waals surface area contributed by atoms with Gasteiger partial charge in [-0.05, 0) is 0 Å². The molecule has 1 rings (SSSR count). The predicted molar refractivity (Wildman–Crippen MR) is 52.8 cm³/mol. The molecule has 0 unspecified atom stereocenters. The summed E-state index contributed by atoms with van der Waals surface area (Å²) in [6.07, 6.45) is 0. The number of hydrogen-bond donors (Lipinski definition) is 0. The highest BCUT2D eigenvalue weighted by Crippen LogP contribution is 2.32. The molecule has 1 heterocycles. The van der Waals surface area contributed by atoms with Gasteiger partial charge in [0, 0.05) is 11.6 Å². The van der Waals surface area contributed by atoms with E-state index in [4.69, 9.17) is 34.8 Å². The number of ether oxygens (including phenoxy) is 1. The van der Waals surface area contributed by atoms with Gasteiger partial charge >= 0.3 is 11.1 Å². The Morgan fingerprint density at radius 3 is 2.53 bits per heavy atom. The third-order valence-corrected chi connectivity index (χ3v) is 1.89. The van der Waals surface area contributed by atoms with Gasteiger partial charge in [0.1, 0.15) is 0 Å². The second-order valence-electron chi connectivity index (χ2n) is 2.18. The van der Waals surface area contributed by atoms with Gasteiger partial charge in [0.25, 0.3) is 0 Å². The number of aromatic nitrogens is 1. The van der Waals surface area contributed by atoms with Crippen LogP contribution in [0.2, 0.25) is 10.3 Å². The van der Waals surface area contributed by atoms with E-state index in [-0.39, 0.29) is 10.9 Å². The maximum Gasteiger partial charge on any atom is 0.409 e. The summed E-state index contributed by atoms with van der Waals surface area (Å²) in [7, 11) is 0. The van der Waals surface area contributed by atoms with E-state index >= 15 is 0 Å². The van der Waals surface area contributed by atoms with Crippen LogP contribution in [-0.2, 0) is 0 Å². The first-order valence-electron chi connectivity index (χ1n) is 3.29. The van der Waals surface area contributed by atoms with Crippen molar-refractivity contribution in [3.8, 4) is 5.75 Å². The van der Waals surface area contributed by atoms with Crippen molar-refractivity contribution in [1.82, 2.24) is 4.98 Å². The van der Waals surface area contributed by atoms with Crippen molar-refractivity contribution in [2.75, 3.05) is 0 Å². The monoisotopic (exact) mass is 270 g/mol. The topological polar surface area (TPSA) is 82.3 Å². The zero-order valence-electron chi connectivity index (χ0n) is 6.74. The minimum absolute atomic E-state index is 0.292. The van der Waals surface area contributed by atoms with Crippen molar-refractivity contribution in [2.24, 2.45) is 0 Å². The molecule has 0 aromatic carbocycles. The lowest BCUT2D eigenvalue weighted by molar-refractivity contribution is -0.385. The van der Waals surface area contributed by atoms with Gasteiger partial charge in [0.2, 0.25) is 5.15 Å². The molecule has 1 aromatic rings. The van der Waals surface area contributed by atoms with Crippen LogP contribution in [0.3, 0.4) is 0 Å². The van der Waals surface area contributed by atoms with Crippen LogP contribution < -0.4 is 4.74 Å². The molecule has 0 fully saturated rings. The Balaban J connectivity index is 3.23. The Labute approximate surface area is 97.9 Å². The fourth-order valence-electron chi connectivity index (χ4n) is 0.728. The molecule has 6 nitrogen and oxygen atoms in total. The molecule has 0 N–H and O–H groups in total. The largest absolute Gasteiger partial charge is 0.411 e. The standard InChI is InChI=1S/C6HCl3N2O4/c7-4-2(11(13)14)1-3(5(8)10-4)15-6(9)12/h1H. The number of carbonyl (C=O) groups excluding carboxylic acids is 1. The average molecular weight is 271 g/mol. The van der Waals surface area contributed by atoms with E-state index in [2.05, 4.69) is 9.72 Å². The summed E-state index contributed by atoms with van der Waals surface area (Å²) in [6, 6.07) is 0.859. The number of pyridine rings is 1. The van der Waals surface area contributed by atoms with Crippen LogP contribution in [-0.4, -0.2) is 15.3 Å². The van der Waals surface area contributed by atoms with Crippen LogP contribution in [0.5, 0.6) is 5.75 Å². The molecule has 0 radical (unpaired) electrons. The van der Waals surface area contributed by atoms with E-state index in [0.29, 0.717) is 0 Å². The second-order valence-corrected chi connectivity index (χ2v) is 3.21. The quantitative estimate of drug-likeness (QED) is 0.357. The van der Waals surface area contributed by atoms with Crippen molar-refractivity contribution in [2.45, 2.75) is 0 Å². The number of rotatable bonds is 2. The number of carbonyl (C=O) groups is 1. The summed E-state index contributed by atoms with van der Waals surface area (Å²) in [5.74, 6) is -0.326. The van der Waals surface area contributed by atoms with Gasteiger partial charge < -0.3 is 4.74 Å². The third-order valence-electron chi connectivity index (χ3n) is 1.27. The third kappa shape index (κ3) is 2.92. The number of hydrogen-bond acceptors (Lipinski definition) is 5. The lowest BCUT2D eigenvalue weighted by Crippen LogP contribution is -2.00. The molecule has 0 atom stereocenters. The van der Waals surface area contributed by atoms with Crippen molar-refractivity contribution in [3.05, 3.63) is 26.5 Å². The summed E-state index contributed by atoms with van der Waals surface area (Å²) in [4.78, 5) is 23.4. The van der Waals surface area contributed by atoms with Crippen molar-refractivity contribution in [3.63, 3.8) is 0 Å². The van der Waals surface area contributed by atoms with Crippen molar-refractivity contribution in [1.29, 1.82) is 0 Å². The molecular weight excluding hydrogens is 270 g/mol. The molecule has 9 heteroatoms. The minimum Gasteiger partial charge on any atom is -0.411 e. The fraction of sp³-hybridized carbons (Fsp3) is 0. The van der Waals surface area contributed by atoms with E-state index < -0.39 is 21.2 Å². The predicted octanol–water partition coefficient (Wildman–Crippen LogP) is 3.03. The average Bonchev–Trinajstić information content (AvgIpc) is 2.08. The summed E-state index contributed by atoms with van der Waals surface area (Å²) < 4.78 is 4.36. The van der Waals surface area contributed by atoms with E-state index in [9.17, 15) is 14.9 Å². The molecular formula is C6HCl3N2O4. The molecule has 0 bridgehead atoms. The Hall–Kier alpha value is -1.11. The Kier molecular flexibility index (Phi) is 3.67. The molecule has 1 aromatic heterocycles. The van der Waals surface area contributed by atoms with Crippen LogP contribution in [0.4, 0.5) is 10.5 Å². The maximum atomic E-state index is 10.4. The summed E-state index contributed by atoms with van der Waals surface area (Å²) >= 11 is 15.8. The van der Waals surface area contributed by atoms with E-state index in [1.54, 1.807) is 0 Å². The molecule has 0 amide bonds. The summed E-state index contributed by atoms with van der Waals surface area (Å²) in [5, 5.41) is 9.74. The van der Waals surface area contributed by atoms with Crippen molar-refractivity contribution < 1.29 is 14.5 Å². The molecule has 0 saturated carbocycles. The van der Waals surface area contributed by atoms with Crippen LogP contribution in [0.1, 0.15) is 0 Å². The Morgan fingerprint density at radius 2 is 2.07 bits per heavy atom. The minimum atomic E-state index is -1.18. The second kappa shape index (κ2) is 4.61. The highest BCUT2D eigenvalue weighted by Gasteiger charge is 2.19. The lowest BCUT2D eigenvalue weighted by Gasteiger charge is -2.02. The van der Waals surface area contributed by atoms with Gasteiger partial charge in [-0.3, -0.25) is 10.1 Å². The smallest absolute Gasteiger partial charge is 0.409 e. The molecule has 0 aliphatic heterocycles. The zero-order valence-corrected chi connectivity index (χ0v) is 9.01. The number of nitrogens with zero attached hydrogens (tertiary/aromatic N) is 2. The molecule has 15 heavy (non-hydrogen) atoms. The first-order chi connectivity index (χ1) is 6.91. The van der Waals surface area contributed by atoms with E-state index in [1.165, 1.54) is 0 Å². The van der Waals surface area contributed by atoms with Gasteiger partial charge in [-0.2, -0.15) is 0 Å². The van der Waals surface area contributed by atoms with Gasteiger partial charge in [0.15, 0.2) is 10.9 Å². The van der Waals surface area contributed by atoms with Gasteiger partial charge in [-0.25, -0.2) is 9.78 Å². The van der Waals surface area contributed by atoms with Crippen LogP contribution in [0, 0.1) is 10.1 Å². The summed E-state index contributed by atoms with van der Waals surface area (Å²) in [6.45, 7) is 0. The van der Waals surface area contributed by atoms with Gasteiger partial charge in [0.05, 0.1) is 11.0 Å². The van der Waals surface area contributed by atoms with Gasteiger partial charge in [-0.1, -0.05) is 23.2 Å². The Bertz CT molecular complexity index is 437. The van der Waals surface area contributed by atoms with Crippen LogP contribution >= 0.6 is 34.8 Å². The lowest BCUT2D eigenvalue weighted by atomic mass is 10.4. The maximum absolute atomic E-state index is 10.4. The first kappa shape index (κ1) is 12.0. The van der Waals surface area contributed by atoms with E-state index in [1.807, 2.05) is 0 Å². The summed E-state index contributed by atoms with van der Waals surface area (Å²) in [5.41, 5.74) is -1.72. The SMILES string of the molecule is O=C(Cl)Oc1cc([N+](=O)[O-])c(Cl)nc1Cl. The normalized spacial score (nSPS) is 9.80. The zero-order chi connectivity index (χ0) is 11.6.